The van der Waals surface area contributed by atoms with E-state index in [1.807, 2.05) is 21.1 Å². The van der Waals surface area contributed by atoms with E-state index in [4.69, 9.17) is 18.5 Å². The molecule has 0 aromatic carbocycles. The lowest BCUT2D eigenvalue weighted by atomic mass is 10.0. The number of ether oxygens (including phenoxy) is 2. The Kier molecular flexibility index (Phi) is 42.9. The van der Waals surface area contributed by atoms with Crippen LogP contribution in [0.5, 0.6) is 0 Å². The van der Waals surface area contributed by atoms with Crippen molar-refractivity contribution in [2.24, 2.45) is 0 Å². The molecule has 59 heavy (non-hydrogen) atoms. The molecule has 0 fully saturated rings. The Morgan fingerprint density at radius 1 is 0.508 bits per heavy atom. The first-order chi connectivity index (χ1) is 28.6. The SMILES string of the molecule is CCCCCC/C=C\CCCCCCCCOCC(COP(=O)([O-])OCC[N+](C)(C)C)OC(=O)CCCCCCCCCCCCC/C=C\CCCCCCCCCC. The summed E-state index contributed by atoms with van der Waals surface area (Å²) < 4.78 is 34.7. The highest BCUT2D eigenvalue weighted by Gasteiger charge is 2.20. The molecule has 0 aliphatic heterocycles. The first-order valence-electron chi connectivity index (χ1n) is 25.1. The van der Waals surface area contributed by atoms with Gasteiger partial charge in [-0.3, -0.25) is 9.36 Å². The van der Waals surface area contributed by atoms with Crippen molar-refractivity contribution >= 4 is 13.8 Å². The molecule has 0 amide bonds. The van der Waals surface area contributed by atoms with Crippen LogP contribution in [-0.4, -0.2) is 70.7 Å². The van der Waals surface area contributed by atoms with Crippen LogP contribution >= 0.6 is 7.82 Å². The third-order valence-electron chi connectivity index (χ3n) is 11.0. The van der Waals surface area contributed by atoms with Crippen molar-refractivity contribution in [3.05, 3.63) is 24.3 Å². The Bertz CT molecular complexity index is 998. The summed E-state index contributed by atoms with van der Waals surface area (Å²) >= 11 is 0. The van der Waals surface area contributed by atoms with Crippen molar-refractivity contribution in [2.45, 2.75) is 238 Å². The first-order valence-corrected chi connectivity index (χ1v) is 26.5. The maximum Gasteiger partial charge on any atom is 0.306 e. The van der Waals surface area contributed by atoms with Gasteiger partial charge in [0.15, 0.2) is 0 Å². The van der Waals surface area contributed by atoms with Crippen molar-refractivity contribution in [2.75, 3.05) is 54.1 Å². The minimum atomic E-state index is -4.53. The van der Waals surface area contributed by atoms with E-state index in [0.717, 1.165) is 32.1 Å². The van der Waals surface area contributed by atoms with Crippen LogP contribution in [0.25, 0.3) is 0 Å². The van der Waals surface area contributed by atoms with Crippen molar-refractivity contribution < 1.29 is 37.3 Å². The average Bonchev–Trinajstić information content (AvgIpc) is 3.19. The highest BCUT2D eigenvalue weighted by Crippen LogP contribution is 2.38. The largest absolute Gasteiger partial charge is 0.756 e. The van der Waals surface area contributed by atoms with Gasteiger partial charge in [-0.2, -0.15) is 0 Å². The topological polar surface area (TPSA) is 94.1 Å². The molecule has 0 aliphatic rings. The number of likely N-dealkylation sites (N-methyl/N-ethyl adjacent to an activating group) is 1. The van der Waals surface area contributed by atoms with Gasteiger partial charge in [-0.1, -0.05) is 186 Å². The van der Waals surface area contributed by atoms with Gasteiger partial charge in [-0.15, -0.1) is 0 Å². The summed E-state index contributed by atoms with van der Waals surface area (Å²) in [7, 11) is 1.36. The Morgan fingerprint density at radius 2 is 0.881 bits per heavy atom. The summed E-state index contributed by atoms with van der Waals surface area (Å²) in [6.45, 7) is 5.42. The molecule has 2 unspecified atom stereocenters. The van der Waals surface area contributed by atoms with Gasteiger partial charge < -0.3 is 27.9 Å². The van der Waals surface area contributed by atoms with Gasteiger partial charge in [0.2, 0.25) is 0 Å². The summed E-state index contributed by atoms with van der Waals surface area (Å²) in [4.78, 5) is 25.1. The van der Waals surface area contributed by atoms with E-state index in [9.17, 15) is 14.3 Å². The number of nitrogens with zero attached hydrogens (tertiary/aromatic N) is 1. The maximum absolute atomic E-state index is 12.7. The van der Waals surface area contributed by atoms with Crippen LogP contribution in [0.1, 0.15) is 232 Å². The molecule has 0 N–H and O–H groups in total. The van der Waals surface area contributed by atoms with Gasteiger partial charge in [0, 0.05) is 13.0 Å². The van der Waals surface area contributed by atoms with Crippen LogP contribution in [-0.2, 0) is 27.9 Å². The van der Waals surface area contributed by atoms with E-state index >= 15 is 0 Å². The number of carbonyl (C=O) groups excluding carboxylic acids is 1. The van der Waals surface area contributed by atoms with E-state index in [1.54, 1.807) is 0 Å². The lowest BCUT2D eigenvalue weighted by Gasteiger charge is -2.28. The molecule has 0 spiro atoms. The maximum atomic E-state index is 12.7. The number of quaternary nitrogens is 1. The van der Waals surface area contributed by atoms with Crippen LogP contribution in [0, 0.1) is 0 Å². The molecule has 0 heterocycles. The highest BCUT2D eigenvalue weighted by molar-refractivity contribution is 7.45. The van der Waals surface area contributed by atoms with Crippen LogP contribution < -0.4 is 4.89 Å². The standard InChI is InChI=1S/C50H98NO7P/c1-6-8-10-12-14-16-18-20-22-23-24-25-26-27-28-29-30-31-33-35-37-39-41-43-50(52)58-49(48-57-59(53,54)56-46-44-51(3,4)5)47-55-45-42-40-38-36-34-32-21-19-17-15-13-11-9-7-2/h17,19,23-24,49H,6-16,18,20-22,25-48H2,1-5H3/b19-17-,24-23-. The third-order valence-corrected chi connectivity index (χ3v) is 11.9. The molecule has 0 bridgehead atoms. The molecule has 0 rings (SSSR count). The van der Waals surface area contributed by atoms with E-state index in [1.165, 1.54) is 180 Å². The number of esters is 1. The monoisotopic (exact) mass is 856 g/mol. The summed E-state index contributed by atoms with van der Waals surface area (Å²) in [5.41, 5.74) is 0. The molecule has 0 aromatic heterocycles. The second-order valence-electron chi connectivity index (χ2n) is 18.2. The van der Waals surface area contributed by atoms with Crippen molar-refractivity contribution in [1.29, 1.82) is 0 Å². The van der Waals surface area contributed by atoms with Gasteiger partial charge in [-0.05, 0) is 64.2 Å². The Morgan fingerprint density at radius 3 is 1.31 bits per heavy atom. The summed E-state index contributed by atoms with van der Waals surface area (Å²) in [5, 5.41) is 0. The Balaban J connectivity index is 4.10. The van der Waals surface area contributed by atoms with Crippen LogP contribution in [0.15, 0.2) is 24.3 Å². The average molecular weight is 856 g/mol. The van der Waals surface area contributed by atoms with Crippen molar-refractivity contribution in [1.82, 2.24) is 0 Å². The van der Waals surface area contributed by atoms with Gasteiger partial charge >= 0.3 is 5.97 Å². The minimum absolute atomic E-state index is 0.0264. The summed E-state index contributed by atoms with van der Waals surface area (Å²) in [5.74, 6) is -0.334. The van der Waals surface area contributed by atoms with Crippen LogP contribution in [0.3, 0.4) is 0 Å². The van der Waals surface area contributed by atoms with Crippen molar-refractivity contribution in [3.8, 4) is 0 Å². The normalized spacial score (nSPS) is 13.8. The fraction of sp³-hybridized carbons (Fsp3) is 0.900. The molecular formula is C50H98NO7P. The molecule has 0 radical (unpaired) electrons. The molecular weight excluding hydrogens is 758 g/mol. The lowest BCUT2D eigenvalue weighted by Crippen LogP contribution is -2.37. The lowest BCUT2D eigenvalue weighted by molar-refractivity contribution is -0.870. The van der Waals surface area contributed by atoms with Gasteiger partial charge in [0.05, 0.1) is 34.4 Å². The molecule has 350 valence electrons. The van der Waals surface area contributed by atoms with E-state index in [0.29, 0.717) is 24.1 Å². The zero-order valence-corrected chi connectivity index (χ0v) is 40.6. The van der Waals surface area contributed by atoms with E-state index in [2.05, 4.69) is 38.2 Å². The molecule has 0 saturated heterocycles. The molecule has 8 nitrogen and oxygen atoms in total. The predicted octanol–water partition coefficient (Wildman–Crippen LogP) is 14.5. The predicted molar refractivity (Wildman–Crippen MR) is 250 cm³/mol. The van der Waals surface area contributed by atoms with Crippen LogP contribution in [0.2, 0.25) is 0 Å². The Labute approximate surface area is 366 Å². The van der Waals surface area contributed by atoms with E-state index < -0.39 is 13.9 Å². The fourth-order valence-corrected chi connectivity index (χ4v) is 7.79. The van der Waals surface area contributed by atoms with Gasteiger partial charge in [0.25, 0.3) is 7.82 Å². The number of allylic oxidation sites excluding steroid dienone is 4. The Hall–Kier alpha value is -1.02. The fourth-order valence-electron chi connectivity index (χ4n) is 7.07. The molecule has 0 aromatic rings. The van der Waals surface area contributed by atoms with E-state index in [-0.39, 0.29) is 25.8 Å². The van der Waals surface area contributed by atoms with Crippen LogP contribution in [0.4, 0.5) is 0 Å². The number of unbranched alkanes of at least 4 members (excludes halogenated alkanes) is 29. The van der Waals surface area contributed by atoms with Gasteiger partial charge in [-0.25, -0.2) is 0 Å². The molecule has 2 atom stereocenters. The number of hydrogen-bond donors (Lipinski definition) is 0. The van der Waals surface area contributed by atoms with Crippen molar-refractivity contribution in [3.63, 3.8) is 0 Å². The molecule has 0 aliphatic carbocycles. The smallest absolute Gasteiger partial charge is 0.306 e. The third kappa shape index (κ3) is 47.9. The summed E-state index contributed by atoms with van der Waals surface area (Å²) in [6, 6.07) is 0. The first kappa shape index (κ1) is 58.0. The number of phosphoric ester groups is 1. The quantitative estimate of drug-likeness (QED) is 0.0198. The number of hydrogen-bond acceptors (Lipinski definition) is 7. The minimum Gasteiger partial charge on any atom is -0.756 e. The highest BCUT2D eigenvalue weighted by atomic mass is 31.2. The second kappa shape index (κ2) is 43.6. The zero-order valence-electron chi connectivity index (χ0n) is 39.7. The molecule has 0 saturated carbocycles. The van der Waals surface area contributed by atoms with Gasteiger partial charge in [0.1, 0.15) is 19.3 Å². The number of carbonyl (C=O) groups is 1. The molecule has 9 heteroatoms. The second-order valence-corrected chi connectivity index (χ2v) is 19.6. The number of phosphoric acid groups is 1. The summed E-state index contributed by atoms with van der Waals surface area (Å²) in [6.07, 6.45) is 50.5. The zero-order chi connectivity index (χ0) is 43.4. The number of rotatable bonds is 47.